The number of aromatic nitrogens is 2. The first-order chi connectivity index (χ1) is 9.52. The second-order valence-corrected chi connectivity index (χ2v) is 4.76. The number of aliphatic imine (C=N–C) groups is 1. The number of aliphatic hydroxyl groups excluding tert-OH is 3. The second-order valence-electron chi connectivity index (χ2n) is 4.76. The third-order valence-corrected chi connectivity index (χ3v) is 3.41. The van der Waals surface area contributed by atoms with Crippen molar-refractivity contribution in [3.05, 3.63) is 12.0 Å². The first-order valence-corrected chi connectivity index (χ1v) is 6.08. The molecule has 2 aliphatic heterocycles. The number of carbonyl (C=O) groups is 1. The van der Waals surface area contributed by atoms with Crippen LogP contribution in [-0.2, 0) is 4.74 Å². The standard InChI is InChI=1S/C11H14N4O5/c12-6-1-4(17)7-10(14-6)15(3-13-7)11-9(19)8(18)5(2-16)20-11/h3,5,8-9,11,16,18-19H,1-2H2,(H2,12,14)/t5-,8-,9-,11-/m1/s1. The Morgan fingerprint density at radius 2 is 2.20 bits per heavy atom. The van der Waals surface area contributed by atoms with Gasteiger partial charge in [-0.05, 0) is 0 Å². The summed E-state index contributed by atoms with van der Waals surface area (Å²) in [6, 6.07) is 0. The number of ether oxygens (including phenoxy) is 1. The van der Waals surface area contributed by atoms with Crippen LogP contribution in [0.15, 0.2) is 11.3 Å². The molecular formula is C11H14N4O5. The number of hydrogen-bond acceptors (Lipinski definition) is 8. The van der Waals surface area contributed by atoms with E-state index in [2.05, 4.69) is 9.98 Å². The molecule has 0 unspecified atom stereocenters. The molecule has 2 aliphatic rings. The van der Waals surface area contributed by atoms with Crippen LogP contribution < -0.4 is 5.73 Å². The number of rotatable bonds is 2. The van der Waals surface area contributed by atoms with Crippen molar-refractivity contribution in [3.63, 3.8) is 0 Å². The molecule has 20 heavy (non-hydrogen) atoms. The van der Waals surface area contributed by atoms with Crippen molar-refractivity contribution in [1.82, 2.24) is 9.55 Å². The highest BCUT2D eigenvalue weighted by atomic mass is 16.6. The van der Waals surface area contributed by atoms with Crippen molar-refractivity contribution < 1.29 is 24.9 Å². The summed E-state index contributed by atoms with van der Waals surface area (Å²) in [5, 5.41) is 28.8. The number of carbonyl (C=O) groups excluding carboxylic acids is 1. The highest BCUT2D eigenvalue weighted by Gasteiger charge is 2.44. The molecule has 3 heterocycles. The summed E-state index contributed by atoms with van der Waals surface area (Å²) >= 11 is 0. The molecular weight excluding hydrogens is 268 g/mol. The van der Waals surface area contributed by atoms with Gasteiger partial charge in [-0.25, -0.2) is 9.98 Å². The third kappa shape index (κ3) is 1.83. The molecule has 1 saturated heterocycles. The lowest BCUT2D eigenvalue weighted by atomic mass is 10.1. The fourth-order valence-electron chi connectivity index (χ4n) is 2.38. The van der Waals surface area contributed by atoms with Crippen LogP contribution in [0.25, 0.3) is 0 Å². The summed E-state index contributed by atoms with van der Waals surface area (Å²) in [4.78, 5) is 19.8. The quantitative estimate of drug-likeness (QED) is 0.494. The van der Waals surface area contributed by atoms with Gasteiger partial charge in [0.05, 0.1) is 19.4 Å². The summed E-state index contributed by atoms with van der Waals surface area (Å²) in [7, 11) is 0. The molecule has 1 aromatic heterocycles. The number of ketones is 1. The van der Waals surface area contributed by atoms with Gasteiger partial charge in [-0.15, -0.1) is 0 Å². The zero-order valence-electron chi connectivity index (χ0n) is 10.4. The SMILES string of the molecule is NC1=Nc2c(ncn2[C@@H]2O[C@H](CO)[C@@H](O)[C@H]2O)C(=O)C1. The largest absolute Gasteiger partial charge is 0.394 e. The van der Waals surface area contributed by atoms with Crippen LogP contribution in [0.4, 0.5) is 5.82 Å². The Kier molecular flexibility index (Phi) is 3.05. The number of Topliss-reactive ketones (excluding diaryl/α,β-unsaturated/α-hetero) is 1. The highest BCUT2D eigenvalue weighted by molar-refractivity contribution is 6.13. The van der Waals surface area contributed by atoms with E-state index in [0.717, 1.165) is 0 Å². The number of amidine groups is 1. The van der Waals surface area contributed by atoms with Gasteiger partial charge in [-0.2, -0.15) is 0 Å². The van der Waals surface area contributed by atoms with Crippen LogP contribution >= 0.6 is 0 Å². The van der Waals surface area contributed by atoms with Gasteiger partial charge in [0.15, 0.2) is 23.5 Å². The zero-order chi connectivity index (χ0) is 14.4. The predicted molar refractivity (Wildman–Crippen MR) is 65.5 cm³/mol. The second kappa shape index (κ2) is 4.63. The maximum atomic E-state index is 11.8. The van der Waals surface area contributed by atoms with Crippen LogP contribution in [0.2, 0.25) is 0 Å². The first kappa shape index (κ1) is 13.2. The maximum Gasteiger partial charge on any atom is 0.192 e. The Bertz CT molecular complexity index is 583. The average Bonchev–Trinajstić information content (AvgIpc) is 2.93. The fourth-order valence-corrected chi connectivity index (χ4v) is 2.38. The van der Waals surface area contributed by atoms with Gasteiger partial charge in [0.2, 0.25) is 0 Å². The van der Waals surface area contributed by atoms with E-state index >= 15 is 0 Å². The molecule has 1 aromatic rings. The van der Waals surface area contributed by atoms with E-state index in [-0.39, 0.29) is 29.6 Å². The van der Waals surface area contributed by atoms with Gasteiger partial charge < -0.3 is 25.8 Å². The summed E-state index contributed by atoms with van der Waals surface area (Å²) in [5.74, 6) is 0.0718. The Morgan fingerprint density at radius 1 is 1.45 bits per heavy atom. The summed E-state index contributed by atoms with van der Waals surface area (Å²) in [6.45, 7) is -0.435. The Balaban J connectivity index is 2.00. The summed E-state index contributed by atoms with van der Waals surface area (Å²) in [5.41, 5.74) is 5.73. The van der Waals surface area contributed by atoms with Crippen molar-refractivity contribution in [3.8, 4) is 0 Å². The molecule has 4 atom stereocenters. The number of imidazole rings is 1. The van der Waals surface area contributed by atoms with Crippen molar-refractivity contribution in [2.45, 2.75) is 31.0 Å². The molecule has 0 bridgehead atoms. The molecule has 3 rings (SSSR count). The molecule has 5 N–H and O–H groups in total. The van der Waals surface area contributed by atoms with Gasteiger partial charge in [0, 0.05) is 0 Å². The van der Waals surface area contributed by atoms with Gasteiger partial charge in [0.1, 0.15) is 24.1 Å². The number of aliphatic hydroxyl groups is 3. The van der Waals surface area contributed by atoms with Crippen LogP contribution in [0, 0.1) is 0 Å². The normalized spacial score (nSPS) is 33.1. The number of hydrogen-bond donors (Lipinski definition) is 4. The van der Waals surface area contributed by atoms with E-state index in [0.29, 0.717) is 0 Å². The zero-order valence-corrected chi connectivity index (χ0v) is 10.4. The Morgan fingerprint density at radius 3 is 2.85 bits per heavy atom. The minimum atomic E-state index is -1.26. The van der Waals surface area contributed by atoms with Gasteiger partial charge in [-0.1, -0.05) is 0 Å². The van der Waals surface area contributed by atoms with Crippen molar-refractivity contribution >= 4 is 17.4 Å². The smallest absolute Gasteiger partial charge is 0.192 e. The molecule has 108 valence electrons. The number of nitrogens with two attached hydrogens (primary N) is 1. The van der Waals surface area contributed by atoms with Crippen molar-refractivity contribution in [1.29, 1.82) is 0 Å². The van der Waals surface area contributed by atoms with Crippen molar-refractivity contribution in [2.75, 3.05) is 6.61 Å². The van der Waals surface area contributed by atoms with Crippen molar-refractivity contribution in [2.24, 2.45) is 10.7 Å². The maximum absolute atomic E-state index is 11.8. The summed E-state index contributed by atoms with van der Waals surface area (Å²) < 4.78 is 6.70. The Hall–Kier alpha value is -1.81. The van der Waals surface area contributed by atoms with E-state index in [1.54, 1.807) is 0 Å². The lowest BCUT2D eigenvalue weighted by molar-refractivity contribution is -0.0520. The number of nitrogens with zero attached hydrogens (tertiary/aromatic N) is 3. The molecule has 9 heteroatoms. The number of fused-ring (bicyclic) bond motifs is 1. The van der Waals surface area contributed by atoms with Crippen LogP contribution in [0.1, 0.15) is 23.1 Å². The highest BCUT2D eigenvalue weighted by Crippen LogP contribution is 2.35. The summed E-state index contributed by atoms with van der Waals surface area (Å²) in [6.07, 6.45) is -3.09. The van der Waals surface area contributed by atoms with Crippen LogP contribution in [-0.4, -0.2) is 61.4 Å². The Labute approximate surface area is 113 Å². The lowest BCUT2D eigenvalue weighted by Crippen LogP contribution is -2.33. The van der Waals surface area contributed by atoms with Gasteiger partial charge in [-0.3, -0.25) is 9.36 Å². The predicted octanol–water partition coefficient (Wildman–Crippen LogP) is -1.93. The topological polar surface area (TPSA) is 143 Å². The fraction of sp³-hybridized carbons (Fsp3) is 0.545. The van der Waals surface area contributed by atoms with E-state index in [4.69, 9.17) is 15.6 Å². The monoisotopic (exact) mass is 282 g/mol. The van der Waals surface area contributed by atoms with Crippen LogP contribution in [0.5, 0.6) is 0 Å². The molecule has 9 nitrogen and oxygen atoms in total. The molecule has 0 aromatic carbocycles. The molecule has 0 aliphatic carbocycles. The average molecular weight is 282 g/mol. The third-order valence-electron chi connectivity index (χ3n) is 3.41. The lowest BCUT2D eigenvalue weighted by Gasteiger charge is -2.18. The van der Waals surface area contributed by atoms with E-state index in [9.17, 15) is 15.0 Å². The first-order valence-electron chi connectivity index (χ1n) is 6.08. The minimum absolute atomic E-state index is 0.0000191. The van der Waals surface area contributed by atoms with Gasteiger partial charge >= 0.3 is 0 Å². The molecule has 0 spiro atoms. The van der Waals surface area contributed by atoms with E-state index in [1.165, 1.54) is 10.9 Å². The molecule has 0 radical (unpaired) electrons. The molecule has 0 amide bonds. The van der Waals surface area contributed by atoms with Gasteiger partial charge in [0.25, 0.3) is 0 Å². The van der Waals surface area contributed by atoms with Crippen LogP contribution in [0.3, 0.4) is 0 Å². The molecule has 0 saturated carbocycles. The molecule has 1 fully saturated rings. The minimum Gasteiger partial charge on any atom is -0.394 e. The van der Waals surface area contributed by atoms with E-state index < -0.39 is 31.1 Å². The van der Waals surface area contributed by atoms with E-state index in [1.807, 2.05) is 0 Å².